The summed E-state index contributed by atoms with van der Waals surface area (Å²) in [5, 5.41) is 0. The smallest absolute Gasteiger partial charge is 0 e. The Balaban J connectivity index is 0. The van der Waals surface area contributed by atoms with Gasteiger partial charge in [-0.1, -0.05) is 13.3 Å². The molecule has 0 spiro atoms. The van der Waals surface area contributed by atoms with Crippen LogP contribution < -0.4 is 0 Å². The molecule has 0 nitrogen and oxygen atoms in total. The summed E-state index contributed by atoms with van der Waals surface area (Å²) in [4.78, 5) is 0. The molecule has 28 valence electrons. The van der Waals surface area contributed by atoms with Gasteiger partial charge in [-0.15, -0.1) is 0 Å². The van der Waals surface area contributed by atoms with E-state index in [2.05, 4.69) is 13.8 Å². The zero-order valence-electron chi connectivity index (χ0n) is 3.83. The average Bonchev–Trinajstić information content (AvgIpc) is 1.37. The summed E-state index contributed by atoms with van der Waals surface area (Å²) in [5.74, 6) is 0. The average molecular weight is 324 g/mol. The standard InChI is InChI=1S/C4H9.Rf/c1-3-4-2;/h1,3-4H2,2H3;/q-1;. The molecule has 0 fully saturated rings. The molecule has 0 aromatic carbocycles. The van der Waals surface area contributed by atoms with E-state index in [1.54, 1.807) is 0 Å². The van der Waals surface area contributed by atoms with E-state index in [9.17, 15) is 0 Å². The summed E-state index contributed by atoms with van der Waals surface area (Å²) < 4.78 is 0. The van der Waals surface area contributed by atoms with Crippen LogP contribution in [0.5, 0.6) is 0 Å². The number of hydrogen-bond donors (Lipinski definition) is 0. The molecule has 0 aliphatic carbocycles. The van der Waals surface area contributed by atoms with E-state index in [0.29, 0.717) is 0 Å². The molecule has 0 bridgehead atoms. The van der Waals surface area contributed by atoms with Crippen molar-refractivity contribution in [1.29, 1.82) is 0 Å². The monoisotopic (exact) mass is 324 g/mol. The van der Waals surface area contributed by atoms with E-state index in [0.717, 1.165) is 6.42 Å². The number of unbranched alkanes of at least 4 members (excludes halogenated alkanes) is 1. The largest absolute Gasteiger partial charge is 0.343 e. The van der Waals surface area contributed by atoms with Gasteiger partial charge in [0.15, 0.2) is 0 Å². The molecule has 0 unspecified atom stereocenters. The Labute approximate surface area is 27.8 Å². The molecule has 0 saturated heterocycles. The normalized spacial score (nSPS) is 6.00. The third-order valence-electron chi connectivity index (χ3n) is 0.354. The Bertz CT molecular complexity index is 5.61. The molecule has 0 atom stereocenters. The first-order valence-electron chi connectivity index (χ1n) is 1.71. The molecule has 1 heteroatoms. The molecule has 5 heavy (non-hydrogen) atoms. The van der Waals surface area contributed by atoms with Gasteiger partial charge >= 0.3 is 0 Å². The summed E-state index contributed by atoms with van der Waals surface area (Å²) in [6.07, 6.45) is 2.28. The van der Waals surface area contributed by atoms with Gasteiger partial charge in [0.2, 0.25) is 0 Å². The molecule has 0 amide bonds. The fraction of sp³-hybridized carbons (Fsp3) is 0.750. The van der Waals surface area contributed by atoms with Crippen molar-refractivity contribution in [2.75, 3.05) is 0 Å². The summed E-state index contributed by atoms with van der Waals surface area (Å²) >= 11 is 0. The molecule has 0 radical (unpaired) electrons. The van der Waals surface area contributed by atoms with Gasteiger partial charge in [0.25, 0.3) is 0 Å². The van der Waals surface area contributed by atoms with Crippen LogP contribution in [0.1, 0.15) is 19.8 Å². The SMILES string of the molecule is [CH2-]CCC.[Rf]. The Morgan fingerprint density at radius 3 is 1.80 bits per heavy atom. The Morgan fingerprint density at radius 2 is 1.80 bits per heavy atom. The van der Waals surface area contributed by atoms with Crippen molar-refractivity contribution in [1.82, 2.24) is 0 Å². The summed E-state index contributed by atoms with van der Waals surface area (Å²) in [7, 11) is 0. The fourth-order valence-electron chi connectivity index (χ4n) is 0. The molecule has 0 aliphatic heterocycles. The van der Waals surface area contributed by atoms with Crippen molar-refractivity contribution in [2.24, 2.45) is 0 Å². The maximum atomic E-state index is 3.60. The third kappa shape index (κ3) is 0. The molecule has 0 N–H and O–H groups in total. The predicted octanol–water partition coefficient (Wildman–Crippen LogP) is 1.62. The second-order valence-corrected chi connectivity index (χ2v) is 0.854. The van der Waals surface area contributed by atoms with Gasteiger partial charge in [-0.3, -0.25) is 0 Å². The fourth-order valence-corrected chi connectivity index (χ4v) is 0. The minimum atomic E-state index is 0. The molecular formula is C4H9Rf-. The van der Waals surface area contributed by atoms with Crippen molar-refractivity contribution in [3.8, 4) is 0 Å². The van der Waals surface area contributed by atoms with Crippen LogP contribution in [0, 0.1) is 6.92 Å². The van der Waals surface area contributed by atoms with Crippen molar-refractivity contribution >= 4 is 0 Å². The second-order valence-electron chi connectivity index (χ2n) is 0.854. The first-order valence-corrected chi connectivity index (χ1v) is 1.71. The second kappa shape index (κ2) is 12.0. The maximum absolute atomic E-state index is 3.60. The van der Waals surface area contributed by atoms with Crippen molar-refractivity contribution in [2.45, 2.75) is 19.8 Å². The van der Waals surface area contributed by atoms with Crippen LogP contribution in [0.3, 0.4) is 0 Å². The van der Waals surface area contributed by atoms with E-state index < -0.39 is 0 Å². The van der Waals surface area contributed by atoms with Gasteiger partial charge in [0.05, 0.1) is 0 Å². The zero-order valence-corrected chi connectivity index (χ0v) is 10.2. The van der Waals surface area contributed by atoms with Crippen LogP contribution in [-0.4, -0.2) is 0 Å². The van der Waals surface area contributed by atoms with Gasteiger partial charge in [-0.2, -0.15) is 6.42 Å². The van der Waals surface area contributed by atoms with E-state index >= 15 is 0 Å². The summed E-state index contributed by atoms with van der Waals surface area (Å²) in [5.41, 5.74) is 0. The van der Waals surface area contributed by atoms with Crippen molar-refractivity contribution in [3.63, 3.8) is 0 Å². The van der Waals surface area contributed by atoms with Crippen LogP contribution in [-0.2, 0) is 0 Å². The topological polar surface area (TPSA) is 0 Å². The molecule has 0 aromatic rings. The minimum absolute atomic E-state index is 0. The third-order valence-corrected chi connectivity index (χ3v) is 0.354. The minimum Gasteiger partial charge on any atom is -0.343 e. The first kappa shape index (κ1) is 9.00. The number of rotatable bonds is 1. The molecule has 0 aromatic heterocycles. The molecule has 0 aliphatic rings. The Hall–Kier alpha value is -1.00. The van der Waals surface area contributed by atoms with E-state index in [4.69, 9.17) is 0 Å². The van der Waals surface area contributed by atoms with Crippen LogP contribution in [0.4, 0.5) is 0 Å². The maximum Gasteiger partial charge on any atom is 0 e. The molecular weight excluding hydrogens is 315 g/mol. The van der Waals surface area contributed by atoms with Crippen molar-refractivity contribution < 1.29 is 0 Å². The molecule has 0 heterocycles. The quantitative estimate of drug-likeness (QED) is 0.643. The van der Waals surface area contributed by atoms with E-state index in [1.807, 2.05) is 0 Å². The van der Waals surface area contributed by atoms with Crippen LogP contribution >= 0.6 is 0 Å². The number of hydrogen-bond acceptors (Lipinski definition) is 0. The molecule has 0 saturated carbocycles. The van der Waals surface area contributed by atoms with Crippen LogP contribution in [0.25, 0.3) is 0 Å². The summed E-state index contributed by atoms with van der Waals surface area (Å²) in [6.45, 7) is 5.72. The van der Waals surface area contributed by atoms with Crippen LogP contribution in [0.15, 0.2) is 0 Å². The summed E-state index contributed by atoms with van der Waals surface area (Å²) in [6, 6.07) is 0. The first-order chi connectivity index (χ1) is 1.91. The Morgan fingerprint density at radius 1 is 1.60 bits per heavy atom. The zero-order chi connectivity index (χ0) is 3.41. The van der Waals surface area contributed by atoms with Crippen LogP contribution in [0.2, 0.25) is 0 Å². The van der Waals surface area contributed by atoms with Gasteiger partial charge < -0.3 is 6.92 Å². The van der Waals surface area contributed by atoms with Gasteiger partial charge in [0.1, 0.15) is 0 Å². The van der Waals surface area contributed by atoms with E-state index in [1.165, 1.54) is 6.42 Å². The Kier molecular flexibility index (Phi) is 21.6. The van der Waals surface area contributed by atoms with Gasteiger partial charge in [-0.05, 0) is 0 Å². The molecule has 0 rings (SSSR count). The predicted molar refractivity (Wildman–Crippen MR) is 20.3 cm³/mol. The van der Waals surface area contributed by atoms with Crippen molar-refractivity contribution in [3.05, 3.63) is 6.92 Å². The van der Waals surface area contributed by atoms with E-state index in [-0.39, 0.29) is 0 Å². The van der Waals surface area contributed by atoms with Gasteiger partial charge in [-0.25, -0.2) is 0 Å². The van der Waals surface area contributed by atoms with Gasteiger partial charge in [0, 0.05) is 0 Å².